The highest BCUT2D eigenvalue weighted by molar-refractivity contribution is 14.0. The van der Waals surface area contributed by atoms with Crippen LogP contribution in [0.15, 0.2) is 21.6 Å². The molecular formula is C17H29BrIN3O2S. The first-order valence-corrected chi connectivity index (χ1v) is 10.3. The minimum atomic E-state index is 0. The van der Waals surface area contributed by atoms with Gasteiger partial charge in [-0.25, -0.2) is 4.99 Å². The Balaban J connectivity index is 0.00000576. The molecule has 1 aromatic carbocycles. The van der Waals surface area contributed by atoms with Crippen molar-refractivity contribution in [3.05, 3.63) is 22.2 Å². The van der Waals surface area contributed by atoms with Gasteiger partial charge in [0.2, 0.25) is 0 Å². The summed E-state index contributed by atoms with van der Waals surface area (Å²) in [5.74, 6) is 3.44. The molecule has 8 heteroatoms. The van der Waals surface area contributed by atoms with Crippen molar-refractivity contribution >= 4 is 57.6 Å². The maximum absolute atomic E-state index is 5.38. The summed E-state index contributed by atoms with van der Waals surface area (Å²) < 4.78 is 11.6. The largest absolute Gasteiger partial charge is 0.493 e. The monoisotopic (exact) mass is 545 g/mol. The first-order chi connectivity index (χ1) is 11.7. The zero-order chi connectivity index (χ0) is 17.8. The van der Waals surface area contributed by atoms with Crippen LogP contribution in [0.25, 0.3) is 0 Å². The molecule has 5 nitrogen and oxygen atoms in total. The van der Waals surface area contributed by atoms with Gasteiger partial charge in [0.15, 0.2) is 17.5 Å². The number of unbranched alkanes of at least 4 members (excludes halogenated alkanes) is 1. The lowest BCUT2D eigenvalue weighted by Crippen LogP contribution is -2.37. The molecule has 1 aromatic rings. The highest BCUT2D eigenvalue weighted by atomic mass is 127. The molecule has 0 aliphatic heterocycles. The van der Waals surface area contributed by atoms with Gasteiger partial charge in [-0.2, -0.15) is 11.8 Å². The number of ether oxygens (including phenoxy) is 2. The van der Waals surface area contributed by atoms with Gasteiger partial charge in [-0.3, -0.25) is 0 Å². The van der Waals surface area contributed by atoms with Crippen LogP contribution >= 0.6 is 51.7 Å². The molecule has 0 bridgehead atoms. The van der Waals surface area contributed by atoms with Crippen LogP contribution in [0.3, 0.4) is 0 Å². The van der Waals surface area contributed by atoms with Gasteiger partial charge in [0.1, 0.15) is 0 Å². The van der Waals surface area contributed by atoms with E-state index in [1.165, 1.54) is 12.2 Å². The van der Waals surface area contributed by atoms with Crippen LogP contribution in [0, 0.1) is 0 Å². The van der Waals surface area contributed by atoms with Crippen molar-refractivity contribution in [1.29, 1.82) is 0 Å². The minimum absolute atomic E-state index is 0. The second-order valence-electron chi connectivity index (χ2n) is 5.13. The molecule has 144 valence electrons. The molecule has 0 saturated heterocycles. The SMILES string of the molecule is CCNC(=NCc1cc(Br)c(OC)c(OC)c1)NCCCCSC.I. The second-order valence-corrected chi connectivity index (χ2v) is 6.97. The fraction of sp³-hybridized carbons (Fsp3) is 0.588. The number of guanidine groups is 1. The third kappa shape index (κ3) is 9.23. The van der Waals surface area contributed by atoms with Gasteiger partial charge in [-0.1, -0.05) is 0 Å². The predicted octanol–water partition coefficient (Wildman–Crippen LogP) is 4.28. The van der Waals surface area contributed by atoms with Crippen LogP contribution in [0.1, 0.15) is 25.3 Å². The normalized spacial score (nSPS) is 10.8. The quantitative estimate of drug-likeness (QED) is 0.199. The van der Waals surface area contributed by atoms with Gasteiger partial charge in [0, 0.05) is 13.1 Å². The van der Waals surface area contributed by atoms with Crippen molar-refractivity contribution < 1.29 is 9.47 Å². The molecule has 0 saturated carbocycles. The van der Waals surface area contributed by atoms with Gasteiger partial charge in [0.05, 0.1) is 25.2 Å². The Kier molecular flexibility index (Phi) is 14.6. The molecule has 0 spiro atoms. The van der Waals surface area contributed by atoms with Crippen molar-refractivity contribution in [3.8, 4) is 11.5 Å². The van der Waals surface area contributed by atoms with Crippen molar-refractivity contribution in [1.82, 2.24) is 10.6 Å². The smallest absolute Gasteiger partial charge is 0.191 e. The summed E-state index contributed by atoms with van der Waals surface area (Å²) in [4.78, 5) is 4.65. The maximum atomic E-state index is 5.38. The van der Waals surface area contributed by atoms with E-state index in [0.717, 1.165) is 35.5 Å². The number of aliphatic imine (C=N–C) groups is 1. The molecule has 0 radical (unpaired) electrons. The van der Waals surface area contributed by atoms with Crippen LogP contribution in [0.2, 0.25) is 0 Å². The van der Waals surface area contributed by atoms with Gasteiger partial charge < -0.3 is 20.1 Å². The third-order valence-corrected chi connectivity index (χ3v) is 4.61. The lowest BCUT2D eigenvalue weighted by molar-refractivity contribution is 0.352. The van der Waals surface area contributed by atoms with Crippen molar-refractivity contribution in [2.24, 2.45) is 4.99 Å². The van der Waals surface area contributed by atoms with E-state index in [4.69, 9.17) is 9.47 Å². The fourth-order valence-corrected chi connectivity index (χ4v) is 3.30. The van der Waals surface area contributed by atoms with Crippen LogP contribution in [-0.4, -0.2) is 45.3 Å². The van der Waals surface area contributed by atoms with Crippen molar-refractivity contribution in [3.63, 3.8) is 0 Å². The van der Waals surface area contributed by atoms with Crippen LogP contribution in [0.4, 0.5) is 0 Å². The van der Waals surface area contributed by atoms with Crippen molar-refractivity contribution in [2.45, 2.75) is 26.3 Å². The molecule has 2 N–H and O–H groups in total. The molecule has 0 amide bonds. The fourth-order valence-electron chi connectivity index (χ4n) is 2.15. The number of nitrogens with zero attached hydrogens (tertiary/aromatic N) is 1. The Hall–Kier alpha value is -0.350. The first kappa shape index (κ1) is 24.7. The molecular weight excluding hydrogens is 517 g/mol. The molecule has 0 aliphatic rings. The summed E-state index contributed by atoms with van der Waals surface area (Å²) in [5.41, 5.74) is 1.05. The Morgan fingerprint density at radius 2 is 1.96 bits per heavy atom. The standard InChI is InChI=1S/C17H28BrN3O2S.HI/c1-5-19-17(20-8-6-7-9-24-4)21-12-13-10-14(18)16(23-3)15(11-13)22-2;/h10-11H,5-9,12H2,1-4H3,(H2,19,20,21);1H. The number of nitrogens with one attached hydrogen (secondary N) is 2. The summed E-state index contributed by atoms with van der Waals surface area (Å²) in [6, 6.07) is 3.96. The molecule has 1 rings (SSSR count). The van der Waals surface area contributed by atoms with E-state index >= 15 is 0 Å². The number of hydrogen-bond acceptors (Lipinski definition) is 4. The zero-order valence-electron chi connectivity index (χ0n) is 15.4. The Labute approximate surface area is 181 Å². The summed E-state index contributed by atoms with van der Waals surface area (Å²) in [7, 11) is 3.27. The second kappa shape index (κ2) is 14.8. The minimum Gasteiger partial charge on any atom is -0.493 e. The van der Waals surface area contributed by atoms with E-state index < -0.39 is 0 Å². The van der Waals surface area contributed by atoms with Crippen LogP contribution < -0.4 is 20.1 Å². The van der Waals surface area contributed by atoms with Gasteiger partial charge >= 0.3 is 0 Å². The average Bonchev–Trinajstić information content (AvgIpc) is 2.58. The maximum Gasteiger partial charge on any atom is 0.191 e. The zero-order valence-corrected chi connectivity index (χ0v) is 20.1. The molecule has 0 atom stereocenters. The lowest BCUT2D eigenvalue weighted by Gasteiger charge is -2.13. The van der Waals surface area contributed by atoms with E-state index in [2.05, 4.69) is 44.7 Å². The van der Waals surface area contributed by atoms with E-state index in [1.54, 1.807) is 14.2 Å². The third-order valence-electron chi connectivity index (χ3n) is 3.33. The summed E-state index contributed by atoms with van der Waals surface area (Å²) >= 11 is 5.40. The summed E-state index contributed by atoms with van der Waals surface area (Å²) in [6.07, 6.45) is 4.50. The highest BCUT2D eigenvalue weighted by Crippen LogP contribution is 2.36. The van der Waals surface area contributed by atoms with Gasteiger partial charge in [-0.15, -0.1) is 24.0 Å². The summed E-state index contributed by atoms with van der Waals surface area (Å²) in [6.45, 7) is 4.41. The van der Waals surface area contributed by atoms with Crippen LogP contribution in [0.5, 0.6) is 11.5 Å². The number of rotatable bonds is 10. The van der Waals surface area contributed by atoms with Crippen LogP contribution in [-0.2, 0) is 6.54 Å². The number of thioether (sulfide) groups is 1. The lowest BCUT2D eigenvalue weighted by atomic mass is 10.2. The van der Waals surface area contributed by atoms with E-state index in [0.29, 0.717) is 18.0 Å². The van der Waals surface area contributed by atoms with Gasteiger partial charge in [0.25, 0.3) is 0 Å². The Morgan fingerprint density at radius 1 is 1.20 bits per heavy atom. The number of methoxy groups -OCH3 is 2. The van der Waals surface area contributed by atoms with Crippen molar-refractivity contribution in [2.75, 3.05) is 39.3 Å². The Morgan fingerprint density at radius 3 is 2.56 bits per heavy atom. The van der Waals surface area contributed by atoms with Gasteiger partial charge in [-0.05, 0) is 65.4 Å². The number of halogens is 2. The molecule has 0 heterocycles. The summed E-state index contributed by atoms with van der Waals surface area (Å²) in [5, 5.41) is 6.65. The Bertz CT molecular complexity index is 533. The molecule has 0 aromatic heterocycles. The topological polar surface area (TPSA) is 54.9 Å². The molecule has 0 fully saturated rings. The number of hydrogen-bond donors (Lipinski definition) is 2. The van der Waals surface area contributed by atoms with E-state index in [-0.39, 0.29) is 24.0 Å². The highest BCUT2D eigenvalue weighted by Gasteiger charge is 2.10. The van der Waals surface area contributed by atoms with E-state index in [9.17, 15) is 0 Å². The first-order valence-electron chi connectivity index (χ1n) is 8.07. The van der Waals surface area contributed by atoms with E-state index in [1.807, 2.05) is 23.9 Å². The molecule has 0 aliphatic carbocycles. The average molecular weight is 546 g/mol. The number of benzene rings is 1. The predicted molar refractivity (Wildman–Crippen MR) is 123 cm³/mol. The molecule has 0 unspecified atom stereocenters. The molecule has 25 heavy (non-hydrogen) atoms.